The number of carboxylic acid groups (broad SMARTS) is 1. The lowest BCUT2D eigenvalue weighted by atomic mass is 9.76. The van der Waals surface area contributed by atoms with Crippen molar-refractivity contribution in [1.29, 1.82) is 5.26 Å². The Kier molecular flexibility index (Phi) is 3.86. The minimum absolute atomic E-state index is 0.0186. The first-order chi connectivity index (χ1) is 9.83. The molecule has 1 atom stereocenters. The first-order valence-electron chi connectivity index (χ1n) is 7.06. The third-order valence-corrected chi connectivity index (χ3v) is 4.68. The third kappa shape index (κ3) is 2.33. The summed E-state index contributed by atoms with van der Waals surface area (Å²) in [6, 6.07) is 2.18. The highest BCUT2D eigenvalue weighted by molar-refractivity contribution is 5.77. The maximum atomic E-state index is 11.7. The number of carboxylic acids is 1. The third-order valence-electron chi connectivity index (χ3n) is 4.68. The van der Waals surface area contributed by atoms with Gasteiger partial charge in [0.1, 0.15) is 11.6 Å². The van der Waals surface area contributed by atoms with E-state index in [2.05, 4.69) is 16.3 Å². The van der Waals surface area contributed by atoms with Gasteiger partial charge in [0.2, 0.25) is 0 Å². The summed E-state index contributed by atoms with van der Waals surface area (Å²) in [6.07, 6.45) is 0.555. The van der Waals surface area contributed by atoms with Crippen LogP contribution in [0.2, 0.25) is 0 Å². The topological polar surface area (TPSA) is 90.1 Å². The lowest BCUT2D eigenvalue weighted by molar-refractivity contribution is -0.150. The van der Waals surface area contributed by atoms with Crippen molar-refractivity contribution < 1.29 is 9.90 Å². The van der Waals surface area contributed by atoms with Gasteiger partial charge in [-0.1, -0.05) is 13.8 Å². The molecule has 6 heteroatoms. The zero-order valence-corrected chi connectivity index (χ0v) is 12.8. The minimum atomic E-state index is -0.785. The van der Waals surface area contributed by atoms with Crippen molar-refractivity contribution in [3.8, 4) is 6.07 Å². The standard InChI is InChI=1S/C15H20N4O2/c1-9(2)15(14(20)21)5-6-19(8-15)13-12(7-16)10(3)11(4)17-18-13/h9H,5-6,8H2,1-4H3,(H,20,21). The van der Waals surface area contributed by atoms with Crippen LogP contribution in [0.4, 0.5) is 5.82 Å². The first kappa shape index (κ1) is 15.2. The zero-order chi connectivity index (χ0) is 15.8. The summed E-state index contributed by atoms with van der Waals surface area (Å²) in [4.78, 5) is 13.6. The highest BCUT2D eigenvalue weighted by Gasteiger charge is 2.48. The van der Waals surface area contributed by atoms with E-state index in [0.717, 1.165) is 11.3 Å². The molecule has 0 saturated carbocycles. The van der Waals surface area contributed by atoms with Crippen LogP contribution in [0.15, 0.2) is 0 Å². The van der Waals surface area contributed by atoms with Crippen LogP contribution in [0.1, 0.15) is 37.1 Å². The van der Waals surface area contributed by atoms with Gasteiger partial charge in [0.15, 0.2) is 5.82 Å². The molecule has 1 unspecified atom stereocenters. The molecule has 1 N–H and O–H groups in total. The number of carbonyl (C=O) groups is 1. The van der Waals surface area contributed by atoms with Crippen LogP contribution in [0, 0.1) is 36.5 Å². The average Bonchev–Trinajstić information content (AvgIpc) is 2.88. The lowest BCUT2D eigenvalue weighted by Gasteiger charge is -2.29. The molecule has 1 aliphatic rings. The minimum Gasteiger partial charge on any atom is -0.481 e. The zero-order valence-electron chi connectivity index (χ0n) is 12.8. The number of aryl methyl sites for hydroxylation is 1. The molecule has 1 aromatic heterocycles. The van der Waals surface area contributed by atoms with E-state index in [4.69, 9.17) is 0 Å². The Bertz CT molecular complexity index is 621. The van der Waals surface area contributed by atoms with Crippen LogP contribution >= 0.6 is 0 Å². The van der Waals surface area contributed by atoms with Crippen molar-refractivity contribution in [3.63, 3.8) is 0 Å². The monoisotopic (exact) mass is 288 g/mol. The normalized spacial score (nSPS) is 21.6. The number of nitrogens with zero attached hydrogens (tertiary/aromatic N) is 4. The van der Waals surface area contributed by atoms with Gasteiger partial charge in [-0.25, -0.2) is 0 Å². The summed E-state index contributed by atoms with van der Waals surface area (Å²) in [6.45, 7) is 8.45. The van der Waals surface area contributed by atoms with Gasteiger partial charge >= 0.3 is 5.97 Å². The number of rotatable bonds is 3. The Morgan fingerprint density at radius 1 is 1.43 bits per heavy atom. The Labute approximate surface area is 124 Å². The summed E-state index contributed by atoms with van der Waals surface area (Å²) in [5, 5.41) is 27.2. The van der Waals surface area contributed by atoms with Gasteiger partial charge in [0.25, 0.3) is 0 Å². The maximum Gasteiger partial charge on any atom is 0.311 e. The Balaban J connectivity index is 2.41. The Morgan fingerprint density at radius 3 is 2.57 bits per heavy atom. The lowest BCUT2D eigenvalue weighted by Crippen LogP contribution is -2.39. The fourth-order valence-electron chi connectivity index (χ4n) is 2.86. The molecule has 112 valence electrons. The van der Waals surface area contributed by atoms with Crippen molar-refractivity contribution in [3.05, 3.63) is 16.8 Å². The number of hydrogen-bond donors (Lipinski definition) is 1. The van der Waals surface area contributed by atoms with Gasteiger partial charge in [-0.15, -0.1) is 5.10 Å². The van der Waals surface area contributed by atoms with Crippen LogP contribution in [0.25, 0.3) is 0 Å². The quantitative estimate of drug-likeness (QED) is 0.913. The molecule has 1 aromatic rings. The van der Waals surface area contributed by atoms with Crippen LogP contribution in [-0.4, -0.2) is 34.4 Å². The highest BCUT2D eigenvalue weighted by Crippen LogP contribution is 2.40. The van der Waals surface area contributed by atoms with Gasteiger partial charge in [-0.2, -0.15) is 10.4 Å². The molecule has 0 amide bonds. The second-order valence-corrected chi connectivity index (χ2v) is 6.01. The van der Waals surface area contributed by atoms with E-state index in [1.54, 1.807) is 0 Å². The largest absolute Gasteiger partial charge is 0.481 e. The van der Waals surface area contributed by atoms with Gasteiger partial charge in [0, 0.05) is 13.1 Å². The predicted molar refractivity (Wildman–Crippen MR) is 78.0 cm³/mol. The van der Waals surface area contributed by atoms with E-state index in [-0.39, 0.29) is 5.92 Å². The van der Waals surface area contributed by atoms with Gasteiger partial charge < -0.3 is 10.0 Å². The maximum absolute atomic E-state index is 11.7. The fourth-order valence-corrected chi connectivity index (χ4v) is 2.86. The molecular formula is C15H20N4O2. The molecule has 2 heterocycles. The first-order valence-corrected chi connectivity index (χ1v) is 7.06. The average molecular weight is 288 g/mol. The summed E-state index contributed by atoms with van der Waals surface area (Å²) in [5.41, 5.74) is 1.24. The summed E-state index contributed by atoms with van der Waals surface area (Å²) in [5.74, 6) is -0.260. The smallest absolute Gasteiger partial charge is 0.311 e. The van der Waals surface area contributed by atoms with E-state index < -0.39 is 11.4 Å². The molecule has 0 aromatic carbocycles. The van der Waals surface area contributed by atoms with E-state index in [1.807, 2.05) is 32.6 Å². The van der Waals surface area contributed by atoms with Crippen molar-refractivity contribution in [2.75, 3.05) is 18.0 Å². The van der Waals surface area contributed by atoms with Crippen LogP contribution in [-0.2, 0) is 4.79 Å². The Morgan fingerprint density at radius 2 is 2.10 bits per heavy atom. The van der Waals surface area contributed by atoms with Crippen molar-refractivity contribution in [1.82, 2.24) is 10.2 Å². The van der Waals surface area contributed by atoms with Crippen LogP contribution in [0.3, 0.4) is 0 Å². The van der Waals surface area contributed by atoms with Crippen molar-refractivity contribution >= 4 is 11.8 Å². The van der Waals surface area contributed by atoms with Crippen molar-refractivity contribution in [2.45, 2.75) is 34.1 Å². The number of nitriles is 1. The van der Waals surface area contributed by atoms with Gasteiger partial charge in [0.05, 0.1) is 11.1 Å². The van der Waals surface area contributed by atoms with Gasteiger partial charge in [-0.05, 0) is 31.7 Å². The predicted octanol–water partition coefficient (Wildman–Crippen LogP) is 1.90. The van der Waals surface area contributed by atoms with E-state index >= 15 is 0 Å². The highest BCUT2D eigenvalue weighted by atomic mass is 16.4. The second kappa shape index (κ2) is 5.32. The number of anilines is 1. The van der Waals surface area contributed by atoms with E-state index in [0.29, 0.717) is 30.9 Å². The molecule has 6 nitrogen and oxygen atoms in total. The molecule has 1 aliphatic heterocycles. The van der Waals surface area contributed by atoms with Crippen molar-refractivity contribution in [2.24, 2.45) is 11.3 Å². The number of hydrogen-bond acceptors (Lipinski definition) is 5. The second-order valence-electron chi connectivity index (χ2n) is 6.01. The molecule has 0 radical (unpaired) electrons. The van der Waals surface area contributed by atoms with Crippen LogP contribution < -0.4 is 4.90 Å². The van der Waals surface area contributed by atoms with E-state index in [9.17, 15) is 15.2 Å². The summed E-state index contributed by atoms with van der Waals surface area (Å²) < 4.78 is 0. The molecule has 0 aliphatic carbocycles. The molecule has 0 spiro atoms. The molecular weight excluding hydrogens is 268 g/mol. The molecule has 2 rings (SSSR count). The van der Waals surface area contributed by atoms with Crippen LogP contribution in [0.5, 0.6) is 0 Å². The SMILES string of the molecule is Cc1nnc(N2CCC(C(=O)O)(C(C)C)C2)c(C#N)c1C. The summed E-state index contributed by atoms with van der Waals surface area (Å²) in [7, 11) is 0. The fraction of sp³-hybridized carbons (Fsp3) is 0.600. The molecule has 0 bridgehead atoms. The number of aliphatic carboxylic acids is 1. The summed E-state index contributed by atoms with van der Waals surface area (Å²) >= 11 is 0. The molecule has 1 fully saturated rings. The molecule has 21 heavy (non-hydrogen) atoms. The molecule has 1 saturated heterocycles. The van der Waals surface area contributed by atoms with E-state index in [1.165, 1.54) is 0 Å². The number of aromatic nitrogens is 2. The Hall–Kier alpha value is -2.16. The van der Waals surface area contributed by atoms with Gasteiger partial charge in [-0.3, -0.25) is 4.79 Å².